The zero-order valence-corrected chi connectivity index (χ0v) is 13.1. The number of rotatable bonds is 6. The Hall–Kier alpha value is -0.180. The highest BCUT2D eigenvalue weighted by Gasteiger charge is 2.39. The van der Waals surface area contributed by atoms with E-state index in [2.05, 4.69) is 27.7 Å². The Morgan fingerprint density at radius 1 is 1.33 bits per heavy atom. The molecule has 0 bridgehead atoms. The summed E-state index contributed by atoms with van der Waals surface area (Å²) < 4.78 is 0. The van der Waals surface area contributed by atoms with E-state index in [1.54, 1.807) is 0 Å². The third-order valence-corrected chi connectivity index (χ3v) is 6.25. The lowest BCUT2D eigenvalue weighted by Gasteiger charge is -2.41. The van der Waals surface area contributed by atoms with Crippen molar-refractivity contribution < 1.29 is 9.90 Å². The highest BCUT2D eigenvalue weighted by atomic mass is 32.2. The summed E-state index contributed by atoms with van der Waals surface area (Å²) >= 11 is 1.88. The summed E-state index contributed by atoms with van der Waals surface area (Å²) in [6, 6.07) is 0. The van der Waals surface area contributed by atoms with Crippen LogP contribution in [0, 0.1) is 17.3 Å². The molecule has 2 nitrogen and oxygen atoms in total. The molecule has 0 aromatic heterocycles. The number of hydrogen-bond acceptors (Lipinski definition) is 2. The number of thioether (sulfide) groups is 1. The van der Waals surface area contributed by atoms with E-state index in [9.17, 15) is 9.90 Å². The summed E-state index contributed by atoms with van der Waals surface area (Å²) in [7, 11) is 0. The number of hydrogen-bond donors (Lipinski definition) is 1. The third kappa shape index (κ3) is 3.91. The molecule has 0 aromatic rings. The van der Waals surface area contributed by atoms with Gasteiger partial charge in [-0.1, -0.05) is 34.1 Å². The molecule has 1 N–H and O–H groups in total. The van der Waals surface area contributed by atoms with Gasteiger partial charge in [0.1, 0.15) is 0 Å². The topological polar surface area (TPSA) is 37.3 Å². The van der Waals surface area contributed by atoms with E-state index >= 15 is 0 Å². The van der Waals surface area contributed by atoms with Gasteiger partial charge in [-0.25, -0.2) is 0 Å². The first-order valence-corrected chi connectivity index (χ1v) is 8.31. The van der Waals surface area contributed by atoms with Gasteiger partial charge in [0, 0.05) is 5.25 Å². The maximum absolute atomic E-state index is 11.3. The minimum Gasteiger partial charge on any atom is -0.481 e. The molecule has 1 aliphatic carbocycles. The van der Waals surface area contributed by atoms with Crippen molar-refractivity contribution in [2.75, 3.05) is 5.75 Å². The van der Waals surface area contributed by atoms with Crippen molar-refractivity contribution in [1.29, 1.82) is 0 Å². The van der Waals surface area contributed by atoms with E-state index in [0.717, 1.165) is 31.4 Å². The van der Waals surface area contributed by atoms with Gasteiger partial charge in [0.15, 0.2) is 0 Å². The fraction of sp³-hybridized carbons (Fsp3) is 0.933. The van der Waals surface area contributed by atoms with Crippen molar-refractivity contribution in [2.24, 2.45) is 17.3 Å². The van der Waals surface area contributed by atoms with Crippen molar-refractivity contribution in [3.8, 4) is 0 Å². The summed E-state index contributed by atoms with van der Waals surface area (Å²) in [5, 5.41) is 9.67. The van der Waals surface area contributed by atoms with E-state index in [4.69, 9.17) is 0 Å². The zero-order valence-electron chi connectivity index (χ0n) is 12.2. The minimum atomic E-state index is -0.587. The highest BCUT2D eigenvalue weighted by molar-refractivity contribution is 7.99. The van der Waals surface area contributed by atoms with E-state index in [1.165, 1.54) is 6.42 Å². The maximum Gasteiger partial charge on any atom is 0.307 e. The first kappa shape index (κ1) is 15.9. The molecule has 0 amide bonds. The van der Waals surface area contributed by atoms with Crippen LogP contribution in [0.15, 0.2) is 0 Å². The quantitative estimate of drug-likeness (QED) is 0.777. The lowest BCUT2D eigenvalue weighted by molar-refractivity contribution is -0.143. The standard InChI is InChI=1S/C15H28O2S/c1-5-9-18-13-10-11(15(3,4)6-2)7-8-12(13)14(16)17/h11-13H,5-10H2,1-4H3,(H,16,17). The Bertz CT molecular complexity index is 276. The fourth-order valence-corrected chi connectivity index (χ4v) is 4.26. The maximum atomic E-state index is 11.3. The molecule has 0 aliphatic heterocycles. The number of aliphatic carboxylic acids is 1. The van der Waals surface area contributed by atoms with Gasteiger partial charge in [-0.3, -0.25) is 4.79 Å². The smallest absolute Gasteiger partial charge is 0.307 e. The molecular weight excluding hydrogens is 244 g/mol. The van der Waals surface area contributed by atoms with E-state index in [-0.39, 0.29) is 5.92 Å². The molecule has 0 radical (unpaired) electrons. The fourth-order valence-electron chi connectivity index (χ4n) is 2.86. The molecule has 0 spiro atoms. The number of carbonyl (C=O) groups is 1. The normalized spacial score (nSPS) is 29.2. The van der Waals surface area contributed by atoms with Crippen LogP contribution in [-0.4, -0.2) is 22.1 Å². The van der Waals surface area contributed by atoms with Gasteiger partial charge in [-0.15, -0.1) is 0 Å². The van der Waals surface area contributed by atoms with Crippen molar-refractivity contribution in [2.45, 2.75) is 65.0 Å². The summed E-state index contributed by atoms with van der Waals surface area (Å²) in [6.45, 7) is 9.08. The van der Waals surface area contributed by atoms with Crippen molar-refractivity contribution >= 4 is 17.7 Å². The van der Waals surface area contributed by atoms with Crippen LogP contribution in [-0.2, 0) is 4.79 Å². The van der Waals surface area contributed by atoms with Crippen LogP contribution in [0.3, 0.4) is 0 Å². The molecule has 3 atom stereocenters. The van der Waals surface area contributed by atoms with Crippen LogP contribution in [0.4, 0.5) is 0 Å². The Morgan fingerprint density at radius 3 is 2.50 bits per heavy atom. The molecule has 18 heavy (non-hydrogen) atoms. The Morgan fingerprint density at radius 2 is 2.00 bits per heavy atom. The van der Waals surface area contributed by atoms with Gasteiger partial charge >= 0.3 is 5.97 Å². The van der Waals surface area contributed by atoms with Gasteiger partial charge in [0.05, 0.1) is 5.92 Å². The molecule has 3 unspecified atom stereocenters. The third-order valence-electron chi connectivity index (χ3n) is 4.66. The first-order chi connectivity index (χ1) is 8.42. The van der Waals surface area contributed by atoms with Gasteiger partial charge in [0.2, 0.25) is 0 Å². The Kier molecular flexibility index (Phi) is 6.03. The number of carboxylic acid groups (broad SMARTS) is 1. The second kappa shape index (κ2) is 6.83. The van der Waals surface area contributed by atoms with Crippen molar-refractivity contribution in [3.05, 3.63) is 0 Å². The SMILES string of the molecule is CCCSC1CC(C(C)(C)CC)CCC1C(=O)O. The van der Waals surface area contributed by atoms with Crippen LogP contribution < -0.4 is 0 Å². The minimum absolute atomic E-state index is 0.120. The average Bonchev–Trinajstić information content (AvgIpc) is 2.35. The van der Waals surface area contributed by atoms with E-state index in [0.29, 0.717) is 16.6 Å². The lowest BCUT2D eigenvalue weighted by Crippen LogP contribution is -2.38. The predicted octanol–water partition coefficient (Wildman–Crippen LogP) is 4.44. The largest absolute Gasteiger partial charge is 0.481 e. The molecule has 1 aliphatic rings. The summed E-state index contributed by atoms with van der Waals surface area (Å²) in [5.74, 6) is 1.07. The van der Waals surface area contributed by atoms with Crippen LogP contribution in [0.1, 0.15) is 59.8 Å². The average molecular weight is 272 g/mol. The summed E-state index contributed by atoms with van der Waals surface area (Å²) in [5.41, 5.74) is 0.356. The Balaban J connectivity index is 2.69. The second-order valence-electron chi connectivity index (χ2n) is 6.21. The molecular formula is C15H28O2S. The Labute approximate surface area is 116 Å². The van der Waals surface area contributed by atoms with Crippen LogP contribution in [0.5, 0.6) is 0 Å². The molecule has 1 saturated carbocycles. The molecule has 1 rings (SSSR count). The van der Waals surface area contributed by atoms with Gasteiger partial charge in [0.25, 0.3) is 0 Å². The molecule has 0 aromatic carbocycles. The van der Waals surface area contributed by atoms with E-state index in [1.807, 2.05) is 11.8 Å². The lowest BCUT2D eigenvalue weighted by atomic mass is 9.67. The molecule has 0 saturated heterocycles. The summed E-state index contributed by atoms with van der Waals surface area (Å²) in [6.07, 6.45) is 5.35. The highest BCUT2D eigenvalue weighted by Crippen LogP contribution is 2.45. The van der Waals surface area contributed by atoms with Crippen LogP contribution in [0.2, 0.25) is 0 Å². The van der Waals surface area contributed by atoms with Crippen molar-refractivity contribution in [3.63, 3.8) is 0 Å². The van der Waals surface area contributed by atoms with E-state index < -0.39 is 5.97 Å². The summed E-state index contributed by atoms with van der Waals surface area (Å²) in [4.78, 5) is 11.3. The van der Waals surface area contributed by atoms with Crippen LogP contribution >= 0.6 is 11.8 Å². The van der Waals surface area contributed by atoms with Gasteiger partial charge < -0.3 is 5.11 Å². The molecule has 0 heterocycles. The number of carboxylic acids is 1. The zero-order chi connectivity index (χ0) is 13.8. The predicted molar refractivity (Wildman–Crippen MR) is 79.1 cm³/mol. The van der Waals surface area contributed by atoms with Gasteiger partial charge in [-0.05, 0) is 42.8 Å². The molecule has 106 valence electrons. The van der Waals surface area contributed by atoms with Crippen molar-refractivity contribution in [1.82, 2.24) is 0 Å². The molecule has 3 heteroatoms. The van der Waals surface area contributed by atoms with Crippen LogP contribution in [0.25, 0.3) is 0 Å². The monoisotopic (exact) mass is 272 g/mol. The first-order valence-electron chi connectivity index (χ1n) is 7.26. The molecule has 1 fully saturated rings. The van der Waals surface area contributed by atoms with Gasteiger partial charge in [-0.2, -0.15) is 11.8 Å². The second-order valence-corrected chi connectivity index (χ2v) is 7.55.